The largest absolute Gasteiger partial charge is 0.133 e. The second-order valence-corrected chi connectivity index (χ2v) is 6.75. The Kier molecular flexibility index (Phi) is 6.58. The van der Waals surface area contributed by atoms with Crippen molar-refractivity contribution in [2.24, 2.45) is 0 Å². The molecule has 0 nitrogen and oxygen atoms in total. The van der Waals surface area contributed by atoms with Gasteiger partial charge in [-0.25, -0.2) is 0 Å². The fourth-order valence-electron chi connectivity index (χ4n) is 1.80. The van der Waals surface area contributed by atoms with E-state index in [2.05, 4.69) is 35.8 Å². The molecule has 0 spiro atoms. The number of rotatable bonds is 7. The first-order valence-corrected chi connectivity index (χ1v) is 7.59. The Morgan fingerprint density at radius 2 is 1.80 bits per heavy atom. The van der Waals surface area contributed by atoms with E-state index in [4.69, 9.17) is 0 Å². The zero-order valence-corrected chi connectivity index (χ0v) is 12.2. The Bertz CT molecular complexity index is 278. The molecule has 1 rings (SSSR count). The summed E-state index contributed by atoms with van der Waals surface area (Å²) < 4.78 is 1.34. The molecule has 0 radical (unpaired) electrons. The topological polar surface area (TPSA) is 0 Å². The minimum absolute atomic E-state index is 1.25. The third-order valence-electron chi connectivity index (χ3n) is 2.68. The number of hydrogen-bond acceptors (Lipinski definition) is 1. The van der Waals surface area contributed by atoms with Crippen molar-refractivity contribution in [3.8, 4) is 0 Å². The summed E-state index contributed by atoms with van der Waals surface area (Å²) in [5.74, 6) is 0. The van der Waals surface area contributed by atoms with Crippen molar-refractivity contribution < 1.29 is 0 Å². The van der Waals surface area contributed by atoms with E-state index in [-0.39, 0.29) is 0 Å². The normalized spacial score (nSPS) is 10.9. The van der Waals surface area contributed by atoms with Crippen LogP contribution in [0, 0.1) is 6.92 Å². The van der Waals surface area contributed by atoms with Gasteiger partial charge in [0.25, 0.3) is 0 Å². The molecule has 0 amide bonds. The molecule has 0 bridgehead atoms. The third kappa shape index (κ3) is 5.17. The van der Waals surface area contributed by atoms with Crippen molar-refractivity contribution in [1.82, 2.24) is 0 Å². The molecular formula is C13H21BrS. The van der Waals surface area contributed by atoms with Crippen molar-refractivity contribution in [2.45, 2.75) is 58.8 Å². The molecular weight excluding hydrogens is 268 g/mol. The standard InChI is InChI=1S/C13H21BrS/c1-3-4-5-6-7-8-9-12-10-11(2)15-13(12)14/h10H,3-9H2,1-2H3. The first kappa shape index (κ1) is 13.2. The quantitative estimate of drug-likeness (QED) is 0.563. The number of hydrogen-bond donors (Lipinski definition) is 0. The van der Waals surface area contributed by atoms with E-state index in [9.17, 15) is 0 Å². The van der Waals surface area contributed by atoms with Crippen LogP contribution in [0.2, 0.25) is 0 Å². The summed E-state index contributed by atoms with van der Waals surface area (Å²) in [6, 6.07) is 2.32. The molecule has 0 N–H and O–H groups in total. The van der Waals surface area contributed by atoms with E-state index in [1.807, 2.05) is 11.3 Å². The van der Waals surface area contributed by atoms with Crippen molar-refractivity contribution in [1.29, 1.82) is 0 Å². The van der Waals surface area contributed by atoms with Gasteiger partial charge in [0.05, 0.1) is 3.79 Å². The molecule has 0 aromatic carbocycles. The summed E-state index contributed by atoms with van der Waals surface area (Å²) in [5, 5.41) is 0. The van der Waals surface area contributed by atoms with E-state index in [1.165, 1.54) is 59.2 Å². The molecule has 0 aliphatic heterocycles. The predicted octanol–water partition coefficient (Wildman–Crippen LogP) is 5.72. The van der Waals surface area contributed by atoms with Crippen LogP contribution in [0.1, 0.15) is 55.9 Å². The van der Waals surface area contributed by atoms with Gasteiger partial charge in [-0.05, 0) is 47.3 Å². The van der Waals surface area contributed by atoms with Crippen LogP contribution >= 0.6 is 27.3 Å². The number of halogens is 1. The van der Waals surface area contributed by atoms with Gasteiger partial charge in [0.15, 0.2) is 0 Å². The number of thiophene rings is 1. The summed E-state index contributed by atoms with van der Waals surface area (Å²) >= 11 is 5.49. The molecule has 0 aliphatic carbocycles. The van der Waals surface area contributed by atoms with E-state index < -0.39 is 0 Å². The van der Waals surface area contributed by atoms with Gasteiger partial charge in [-0.2, -0.15) is 0 Å². The summed E-state index contributed by atoms with van der Waals surface area (Å²) in [6.07, 6.45) is 9.56. The molecule has 0 saturated carbocycles. The average Bonchev–Trinajstić information content (AvgIpc) is 2.51. The Morgan fingerprint density at radius 3 is 2.40 bits per heavy atom. The molecule has 0 atom stereocenters. The van der Waals surface area contributed by atoms with Crippen LogP contribution in [0.3, 0.4) is 0 Å². The summed E-state index contributed by atoms with van der Waals surface area (Å²) in [4.78, 5) is 1.42. The van der Waals surface area contributed by atoms with Gasteiger partial charge in [0.1, 0.15) is 0 Å². The van der Waals surface area contributed by atoms with E-state index >= 15 is 0 Å². The van der Waals surface area contributed by atoms with Crippen molar-refractivity contribution in [3.05, 3.63) is 20.3 Å². The van der Waals surface area contributed by atoms with Crippen LogP contribution < -0.4 is 0 Å². The van der Waals surface area contributed by atoms with Crippen LogP contribution in [-0.2, 0) is 6.42 Å². The Balaban J connectivity index is 2.12. The number of unbranched alkanes of at least 4 members (excludes halogenated alkanes) is 5. The zero-order valence-electron chi connectivity index (χ0n) is 9.81. The van der Waals surface area contributed by atoms with Gasteiger partial charge in [-0.3, -0.25) is 0 Å². The summed E-state index contributed by atoms with van der Waals surface area (Å²) in [5.41, 5.74) is 1.51. The lowest BCUT2D eigenvalue weighted by Crippen LogP contribution is -1.84. The lowest BCUT2D eigenvalue weighted by molar-refractivity contribution is 0.607. The highest BCUT2D eigenvalue weighted by molar-refractivity contribution is 9.11. The predicted molar refractivity (Wildman–Crippen MR) is 73.8 cm³/mol. The SMILES string of the molecule is CCCCCCCCc1cc(C)sc1Br. The molecule has 0 saturated heterocycles. The summed E-state index contributed by atoms with van der Waals surface area (Å²) in [6.45, 7) is 4.45. The average molecular weight is 289 g/mol. The Hall–Kier alpha value is 0.180. The molecule has 15 heavy (non-hydrogen) atoms. The lowest BCUT2D eigenvalue weighted by Gasteiger charge is -2.00. The number of aryl methyl sites for hydroxylation is 2. The molecule has 86 valence electrons. The molecule has 0 aliphatic rings. The maximum Gasteiger partial charge on any atom is 0.0733 e. The first-order valence-electron chi connectivity index (χ1n) is 5.99. The molecule has 2 heteroatoms. The molecule has 0 fully saturated rings. The molecule has 1 heterocycles. The van der Waals surface area contributed by atoms with Crippen molar-refractivity contribution in [3.63, 3.8) is 0 Å². The van der Waals surface area contributed by atoms with E-state index in [0.717, 1.165) is 0 Å². The fourth-order valence-corrected chi connectivity index (χ4v) is 3.66. The molecule has 1 aromatic heterocycles. The van der Waals surface area contributed by atoms with Gasteiger partial charge in [0, 0.05) is 4.88 Å². The van der Waals surface area contributed by atoms with E-state index in [0.29, 0.717) is 0 Å². The van der Waals surface area contributed by atoms with Gasteiger partial charge in [0.2, 0.25) is 0 Å². The van der Waals surface area contributed by atoms with Gasteiger partial charge < -0.3 is 0 Å². The van der Waals surface area contributed by atoms with Gasteiger partial charge in [-0.15, -0.1) is 11.3 Å². The second kappa shape index (κ2) is 7.45. The summed E-state index contributed by atoms with van der Waals surface area (Å²) in [7, 11) is 0. The van der Waals surface area contributed by atoms with Crippen molar-refractivity contribution >= 4 is 27.3 Å². The third-order valence-corrected chi connectivity index (χ3v) is 4.56. The highest BCUT2D eigenvalue weighted by Crippen LogP contribution is 2.28. The van der Waals surface area contributed by atoms with Crippen LogP contribution in [0.5, 0.6) is 0 Å². The highest BCUT2D eigenvalue weighted by atomic mass is 79.9. The lowest BCUT2D eigenvalue weighted by atomic mass is 10.1. The minimum Gasteiger partial charge on any atom is -0.133 e. The maximum absolute atomic E-state index is 3.63. The Labute approximate surface area is 106 Å². The first-order chi connectivity index (χ1) is 7.24. The maximum atomic E-state index is 3.63. The van der Waals surface area contributed by atoms with Crippen LogP contribution in [0.25, 0.3) is 0 Å². The Morgan fingerprint density at radius 1 is 1.13 bits per heavy atom. The molecule has 0 unspecified atom stereocenters. The van der Waals surface area contributed by atoms with Gasteiger partial charge >= 0.3 is 0 Å². The molecule has 1 aromatic rings. The fraction of sp³-hybridized carbons (Fsp3) is 0.692. The van der Waals surface area contributed by atoms with Gasteiger partial charge in [-0.1, -0.05) is 39.0 Å². The highest BCUT2D eigenvalue weighted by Gasteiger charge is 2.03. The monoisotopic (exact) mass is 288 g/mol. The van der Waals surface area contributed by atoms with Crippen LogP contribution in [0.4, 0.5) is 0 Å². The smallest absolute Gasteiger partial charge is 0.0733 e. The van der Waals surface area contributed by atoms with Crippen molar-refractivity contribution in [2.75, 3.05) is 0 Å². The van der Waals surface area contributed by atoms with Crippen LogP contribution in [0.15, 0.2) is 9.85 Å². The second-order valence-electron chi connectivity index (χ2n) is 4.17. The minimum atomic E-state index is 1.25. The van der Waals surface area contributed by atoms with Crippen LogP contribution in [-0.4, -0.2) is 0 Å². The van der Waals surface area contributed by atoms with E-state index in [1.54, 1.807) is 0 Å². The zero-order chi connectivity index (χ0) is 11.1.